The molecule has 0 bridgehead atoms. The predicted molar refractivity (Wildman–Crippen MR) is 82.0 cm³/mol. The van der Waals surface area contributed by atoms with Gasteiger partial charge in [-0.1, -0.05) is 49.6 Å². The fourth-order valence-electron chi connectivity index (χ4n) is 3.26. The molecule has 1 aliphatic carbocycles. The standard InChI is InChI=1S/C17H28N2/c1-19(14-16-8-4-2-5-9-16)13-12-17(15-18)10-6-3-7-11-17/h2,4-5,8-9H,3,6-7,10-15,18H2,1H3. The van der Waals surface area contributed by atoms with Crippen molar-refractivity contribution >= 4 is 0 Å². The van der Waals surface area contributed by atoms with E-state index in [0.29, 0.717) is 5.41 Å². The van der Waals surface area contributed by atoms with Crippen LogP contribution in [0.25, 0.3) is 0 Å². The van der Waals surface area contributed by atoms with Crippen LogP contribution in [0.3, 0.4) is 0 Å². The van der Waals surface area contributed by atoms with Gasteiger partial charge in [-0.3, -0.25) is 0 Å². The normalized spacial score (nSPS) is 18.7. The van der Waals surface area contributed by atoms with Gasteiger partial charge in [0.15, 0.2) is 0 Å². The Labute approximate surface area is 118 Å². The molecular weight excluding hydrogens is 232 g/mol. The number of nitrogens with two attached hydrogens (primary N) is 1. The van der Waals surface area contributed by atoms with Crippen molar-refractivity contribution in [3.8, 4) is 0 Å². The first-order valence-electron chi connectivity index (χ1n) is 7.67. The first-order valence-corrected chi connectivity index (χ1v) is 7.67. The van der Waals surface area contributed by atoms with Crippen LogP contribution in [0, 0.1) is 5.41 Å². The molecular formula is C17H28N2. The van der Waals surface area contributed by atoms with E-state index in [0.717, 1.165) is 19.6 Å². The zero-order valence-corrected chi connectivity index (χ0v) is 12.3. The van der Waals surface area contributed by atoms with Crippen molar-refractivity contribution < 1.29 is 0 Å². The van der Waals surface area contributed by atoms with Crippen LogP contribution in [0.4, 0.5) is 0 Å². The highest BCUT2D eigenvalue weighted by Gasteiger charge is 2.30. The molecule has 2 N–H and O–H groups in total. The Morgan fingerprint density at radius 3 is 2.42 bits per heavy atom. The van der Waals surface area contributed by atoms with E-state index in [2.05, 4.69) is 42.3 Å². The summed E-state index contributed by atoms with van der Waals surface area (Å²) in [5.41, 5.74) is 7.89. The molecule has 0 saturated heterocycles. The quantitative estimate of drug-likeness (QED) is 0.849. The van der Waals surface area contributed by atoms with Crippen LogP contribution < -0.4 is 5.73 Å². The first-order chi connectivity index (χ1) is 9.24. The molecule has 0 radical (unpaired) electrons. The van der Waals surface area contributed by atoms with Crippen LogP contribution in [0.2, 0.25) is 0 Å². The average Bonchev–Trinajstić information content (AvgIpc) is 2.47. The molecule has 1 saturated carbocycles. The lowest BCUT2D eigenvalue weighted by Crippen LogP contribution is -2.36. The smallest absolute Gasteiger partial charge is 0.0230 e. The highest BCUT2D eigenvalue weighted by Crippen LogP contribution is 2.38. The average molecular weight is 260 g/mol. The largest absolute Gasteiger partial charge is 0.330 e. The Morgan fingerprint density at radius 2 is 1.79 bits per heavy atom. The van der Waals surface area contributed by atoms with Gasteiger partial charge in [0.1, 0.15) is 0 Å². The van der Waals surface area contributed by atoms with Crippen molar-refractivity contribution in [3.05, 3.63) is 35.9 Å². The lowest BCUT2D eigenvalue weighted by molar-refractivity contribution is 0.154. The molecule has 1 aromatic rings. The van der Waals surface area contributed by atoms with Gasteiger partial charge in [-0.2, -0.15) is 0 Å². The zero-order chi connectivity index (χ0) is 13.6. The third-order valence-corrected chi connectivity index (χ3v) is 4.67. The molecule has 0 aliphatic heterocycles. The second-order valence-corrected chi connectivity index (χ2v) is 6.24. The number of hydrogen-bond donors (Lipinski definition) is 1. The van der Waals surface area contributed by atoms with Gasteiger partial charge < -0.3 is 10.6 Å². The van der Waals surface area contributed by atoms with Gasteiger partial charge in [-0.25, -0.2) is 0 Å². The SMILES string of the molecule is CN(CCC1(CN)CCCCC1)Cc1ccccc1. The monoisotopic (exact) mass is 260 g/mol. The maximum atomic E-state index is 6.06. The van der Waals surface area contributed by atoms with Gasteiger partial charge in [-0.05, 0) is 50.4 Å². The van der Waals surface area contributed by atoms with Gasteiger partial charge in [0.25, 0.3) is 0 Å². The molecule has 19 heavy (non-hydrogen) atoms. The van der Waals surface area contributed by atoms with Gasteiger partial charge in [0.05, 0.1) is 0 Å². The molecule has 0 heterocycles. The van der Waals surface area contributed by atoms with Gasteiger partial charge in [0, 0.05) is 6.54 Å². The molecule has 0 aromatic heterocycles. The minimum atomic E-state index is 0.434. The Kier molecular flexibility index (Phi) is 5.41. The van der Waals surface area contributed by atoms with Crippen LogP contribution in [-0.4, -0.2) is 25.0 Å². The summed E-state index contributed by atoms with van der Waals surface area (Å²) in [5, 5.41) is 0. The molecule has 2 heteroatoms. The van der Waals surface area contributed by atoms with E-state index in [1.54, 1.807) is 0 Å². The molecule has 106 valence electrons. The van der Waals surface area contributed by atoms with Crippen LogP contribution in [0.5, 0.6) is 0 Å². The summed E-state index contributed by atoms with van der Waals surface area (Å²) in [5.74, 6) is 0. The number of rotatable bonds is 6. The molecule has 0 spiro atoms. The Hall–Kier alpha value is -0.860. The topological polar surface area (TPSA) is 29.3 Å². The van der Waals surface area contributed by atoms with Gasteiger partial charge in [0.2, 0.25) is 0 Å². The summed E-state index contributed by atoms with van der Waals surface area (Å²) in [7, 11) is 2.22. The summed E-state index contributed by atoms with van der Waals surface area (Å²) in [6.07, 6.45) is 8.08. The maximum absolute atomic E-state index is 6.06. The van der Waals surface area contributed by atoms with Crippen LogP contribution in [0.1, 0.15) is 44.1 Å². The fraction of sp³-hybridized carbons (Fsp3) is 0.647. The Bertz CT molecular complexity index is 355. The first kappa shape index (κ1) is 14.5. The van der Waals surface area contributed by atoms with E-state index in [1.807, 2.05) is 0 Å². The fourth-order valence-corrected chi connectivity index (χ4v) is 3.26. The summed E-state index contributed by atoms with van der Waals surface area (Å²) >= 11 is 0. The van der Waals surface area contributed by atoms with E-state index in [4.69, 9.17) is 5.73 Å². The number of benzene rings is 1. The third-order valence-electron chi connectivity index (χ3n) is 4.67. The van der Waals surface area contributed by atoms with E-state index in [-0.39, 0.29) is 0 Å². The van der Waals surface area contributed by atoms with Crippen molar-refractivity contribution in [2.45, 2.75) is 45.1 Å². The highest BCUT2D eigenvalue weighted by molar-refractivity contribution is 5.14. The van der Waals surface area contributed by atoms with Gasteiger partial charge >= 0.3 is 0 Å². The van der Waals surface area contributed by atoms with Crippen molar-refractivity contribution in [1.82, 2.24) is 4.90 Å². The zero-order valence-electron chi connectivity index (χ0n) is 12.3. The minimum Gasteiger partial charge on any atom is -0.330 e. The number of nitrogens with zero attached hydrogens (tertiary/aromatic N) is 1. The summed E-state index contributed by atoms with van der Waals surface area (Å²) in [6, 6.07) is 10.7. The molecule has 1 fully saturated rings. The van der Waals surface area contributed by atoms with Crippen molar-refractivity contribution in [3.63, 3.8) is 0 Å². The van der Waals surface area contributed by atoms with E-state index < -0.39 is 0 Å². The van der Waals surface area contributed by atoms with Crippen molar-refractivity contribution in [2.24, 2.45) is 11.1 Å². The predicted octanol–water partition coefficient (Wildman–Crippen LogP) is 3.42. The summed E-state index contributed by atoms with van der Waals surface area (Å²) in [6.45, 7) is 3.07. The highest BCUT2D eigenvalue weighted by atomic mass is 15.1. The van der Waals surface area contributed by atoms with Crippen LogP contribution in [-0.2, 0) is 6.54 Å². The molecule has 2 nitrogen and oxygen atoms in total. The molecule has 2 rings (SSSR count). The maximum Gasteiger partial charge on any atom is 0.0230 e. The molecule has 0 unspecified atom stereocenters. The molecule has 0 amide bonds. The second-order valence-electron chi connectivity index (χ2n) is 6.24. The molecule has 0 atom stereocenters. The Balaban J connectivity index is 1.80. The van der Waals surface area contributed by atoms with Gasteiger partial charge in [-0.15, -0.1) is 0 Å². The lowest BCUT2D eigenvalue weighted by atomic mass is 9.72. The minimum absolute atomic E-state index is 0.434. The van der Waals surface area contributed by atoms with E-state index >= 15 is 0 Å². The Morgan fingerprint density at radius 1 is 1.11 bits per heavy atom. The second kappa shape index (κ2) is 7.06. The van der Waals surface area contributed by atoms with Crippen LogP contribution >= 0.6 is 0 Å². The van der Waals surface area contributed by atoms with Crippen molar-refractivity contribution in [2.75, 3.05) is 20.1 Å². The lowest BCUT2D eigenvalue weighted by Gasteiger charge is -2.37. The third kappa shape index (κ3) is 4.32. The molecule has 1 aromatic carbocycles. The van der Waals surface area contributed by atoms with Crippen LogP contribution in [0.15, 0.2) is 30.3 Å². The van der Waals surface area contributed by atoms with E-state index in [1.165, 1.54) is 44.1 Å². The van der Waals surface area contributed by atoms with Crippen molar-refractivity contribution in [1.29, 1.82) is 0 Å². The molecule has 1 aliphatic rings. The summed E-state index contributed by atoms with van der Waals surface area (Å²) < 4.78 is 0. The van der Waals surface area contributed by atoms with E-state index in [9.17, 15) is 0 Å². The number of hydrogen-bond acceptors (Lipinski definition) is 2. The summed E-state index contributed by atoms with van der Waals surface area (Å²) in [4.78, 5) is 2.43.